The van der Waals surface area contributed by atoms with Crippen molar-refractivity contribution in [3.63, 3.8) is 0 Å². The van der Waals surface area contributed by atoms with Gasteiger partial charge in [-0.05, 0) is 0 Å². The number of rotatable bonds is 2. The standard InChI is InChI=1S/C8H7BrOP.Er/c9-5-8(10)6-2-1-3-7(11)4-6;/h1-3H,5,11H2;/q-1;. The Morgan fingerprint density at radius 2 is 2.25 bits per heavy atom. The third-order valence-corrected chi connectivity index (χ3v) is 2.09. The fourth-order valence-corrected chi connectivity index (χ4v) is 1.29. The molecule has 70 valence electrons. The summed E-state index contributed by atoms with van der Waals surface area (Å²) in [5, 5.41) is 1.27. The number of ketones is 1. The molecule has 0 amide bonds. The molecule has 0 aliphatic rings. The first-order valence-corrected chi connectivity index (χ1v) is 4.81. The van der Waals surface area contributed by atoms with E-state index < -0.39 is 0 Å². The summed E-state index contributed by atoms with van der Waals surface area (Å²) < 4.78 is 0. The van der Waals surface area contributed by atoms with Crippen LogP contribution in [0.5, 0.6) is 0 Å². The average molecular weight is 397 g/mol. The molecule has 12 heavy (non-hydrogen) atoms. The van der Waals surface area contributed by atoms with Gasteiger partial charge in [0.25, 0.3) is 0 Å². The van der Waals surface area contributed by atoms with Crippen LogP contribution in [0.4, 0.5) is 0 Å². The molecule has 0 saturated carbocycles. The largest absolute Gasteiger partial charge is 0.351 e. The Morgan fingerprint density at radius 1 is 1.58 bits per heavy atom. The molecule has 1 atom stereocenters. The predicted molar refractivity (Wildman–Crippen MR) is 52.7 cm³/mol. The summed E-state index contributed by atoms with van der Waals surface area (Å²) in [7, 11) is 2.51. The van der Waals surface area contributed by atoms with E-state index in [1.165, 1.54) is 0 Å². The van der Waals surface area contributed by atoms with Gasteiger partial charge in [0.1, 0.15) is 0 Å². The first kappa shape index (κ1) is 13.0. The Bertz CT molecular complexity index is 278. The maximum atomic E-state index is 11.1. The number of alkyl halides is 1. The van der Waals surface area contributed by atoms with Crippen LogP contribution < -0.4 is 5.30 Å². The molecule has 1 aromatic rings. The Morgan fingerprint density at radius 3 is 2.75 bits per heavy atom. The maximum Gasteiger partial charge on any atom is 0.0890 e. The average Bonchev–Trinajstić information content (AvgIpc) is 2.03. The first-order valence-electron chi connectivity index (χ1n) is 3.11. The van der Waals surface area contributed by atoms with E-state index in [1.807, 2.05) is 12.1 Å². The van der Waals surface area contributed by atoms with Crippen LogP contribution in [0.15, 0.2) is 18.2 Å². The number of Topliss-reactive ketones (excluding diaryl/α,β-unsaturated/α-hetero) is 1. The summed E-state index contributed by atoms with van der Waals surface area (Å²) in [6.07, 6.45) is 0. The Hall–Kier alpha value is 1.05. The second-order valence-corrected chi connectivity index (χ2v) is 3.26. The van der Waals surface area contributed by atoms with E-state index in [-0.39, 0.29) is 43.1 Å². The van der Waals surface area contributed by atoms with Crippen LogP contribution in [0.25, 0.3) is 0 Å². The molecule has 0 heterocycles. The van der Waals surface area contributed by atoms with Gasteiger partial charge in [0.05, 0.1) is 5.78 Å². The van der Waals surface area contributed by atoms with Crippen LogP contribution in [-0.2, 0) is 0 Å². The van der Waals surface area contributed by atoms with Crippen molar-refractivity contribution in [2.45, 2.75) is 0 Å². The molecule has 0 spiro atoms. The molecule has 1 aromatic carbocycles. The number of benzene rings is 1. The summed E-state index contributed by atoms with van der Waals surface area (Å²) in [4.78, 5) is 11.1. The van der Waals surface area contributed by atoms with Gasteiger partial charge in [-0.3, -0.25) is 0 Å². The van der Waals surface area contributed by atoms with Gasteiger partial charge in [-0.25, -0.2) is 0 Å². The van der Waals surface area contributed by atoms with Gasteiger partial charge < -0.3 is 4.79 Å². The predicted octanol–water partition coefficient (Wildman–Crippen LogP) is 1.56. The molecule has 0 N–H and O–H groups in total. The van der Waals surface area contributed by atoms with Crippen LogP contribution >= 0.6 is 25.2 Å². The van der Waals surface area contributed by atoms with E-state index in [9.17, 15) is 4.79 Å². The van der Waals surface area contributed by atoms with Gasteiger partial charge in [-0.15, -0.1) is 44.4 Å². The second-order valence-electron chi connectivity index (χ2n) is 2.08. The monoisotopic (exact) mass is 395 g/mol. The van der Waals surface area contributed by atoms with Crippen molar-refractivity contribution < 1.29 is 42.1 Å². The van der Waals surface area contributed by atoms with Crippen LogP contribution in [0.1, 0.15) is 10.4 Å². The molecule has 0 saturated heterocycles. The fraction of sp³-hybridized carbons (Fsp3) is 0.125. The van der Waals surface area contributed by atoms with Gasteiger partial charge in [0, 0.05) is 42.6 Å². The summed E-state index contributed by atoms with van der Waals surface area (Å²) in [5.74, 6) is 0.0642. The van der Waals surface area contributed by atoms with Crippen molar-refractivity contribution in [3.8, 4) is 0 Å². The zero-order chi connectivity index (χ0) is 8.27. The molecule has 0 radical (unpaired) electrons. The Kier molecular flexibility index (Phi) is 7.06. The Labute approximate surface area is 112 Å². The van der Waals surface area contributed by atoms with E-state index in [0.29, 0.717) is 10.9 Å². The molecule has 0 aliphatic carbocycles. The van der Waals surface area contributed by atoms with E-state index in [2.05, 4.69) is 31.2 Å². The van der Waals surface area contributed by atoms with Crippen LogP contribution in [0.2, 0.25) is 0 Å². The molecule has 4 heteroatoms. The van der Waals surface area contributed by atoms with E-state index >= 15 is 0 Å². The molecule has 1 unspecified atom stereocenters. The molecular weight excluding hydrogens is 390 g/mol. The number of carbonyl (C=O) groups is 1. The van der Waals surface area contributed by atoms with Gasteiger partial charge in [0.15, 0.2) is 0 Å². The quantitative estimate of drug-likeness (QED) is 0.321. The Balaban J connectivity index is 0.00000121. The zero-order valence-corrected chi connectivity index (χ0v) is 10.7. The fourth-order valence-electron chi connectivity index (χ4n) is 0.721. The van der Waals surface area contributed by atoms with Crippen molar-refractivity contribution in [1.82, 2.24) is 0 Å². The zero-order valence-electron chi connectivity index (χ0n) is 6.09. The molecule has 1 rings (SSSR count). The number of halogens is 1. The van der Waals surface area contributed by atoms with Gasteiger partial charge in [0.2, 0.25) is 0 Å². The molecular formula is C8H7BrErOP-. The van der Waals surface area contributed by atoms with Crippen molar-refractivity contribution in [2.24, 2.45) is 0 Å². The second kappa shape index (κ2) is 6.49. The smallest absolute Gasteiger partial charge is 0.0890 e. The van der Waals surface area contributed by atoms with E-state index in [4.69, 9.17) is 0 Å². The van der Waals surface area contributed by atoms with Crippen LogP contribution in [0, 0.1) is 43.4 Å². The maximum absolute atomic E-state index is 11.1. The summed E-state index contributed by atoms with van der Waals surface area (Å²) >= 11 is 3.10. The molecule has 0 fully saturated rings. The minimum atomic E-state index is 0. The molecule has 0 aliphatic heterocycles. The SMILES string of the molecule is O=C(CBr)c1[c-]c(P)ccc1.[Er]. The minimum Gasteiger partial charge on any atom is -0.351 e. The van der Waals surface area contributed by atoms with Gasteiger partial charge in [-0.2, -0.15) is 0 Å². The summed E-state index contributed by atoms with van der Waals surface area (Å²) in [6.45, 7) is 0. The van der Waals surface area contributed by atoms with Crippen molar-refractivity contribution in [2.75, 3.05) is 5.33 Å². The molecule has 0 aromatic heterocycles. The topological polar surface area (TPSA) is 17.1 Å². The number of carbonyl (C=O) groups excluding carboxylic acids is 1. The van der Waals surface area contributed by atoms with E-state index in [1.54, 1.807) is 6.07 Å². The van der Waals surface area contributed by atoms with Crippen molar-refractivity contribution in [1.29, 1.82) is 0 Å². The van der Waals surface area contributed by atoms with Crippen molar-refractivity contribution in [3.05, 3.63) is 29.8 Å². The summed E-state index contributed by atoms with van der Waals surface area (Å²) in [6, 6.07) is 8.43. The third-order valence-electron chi connectivity index (χ3n) is 1.24. The normalized spacial score (nSPS) is 8.83. The van der Waals surface area contributed by atoms with Crippen LogP contribution in [-0.4, -0.2) is 11.1 Å². The first-order chi connectivity index (χ1) is 5.24. The summed E-state index contributed by atoms with van der Waals surface area (Å²) in [5.41, 5.74) is 0.634. The van der Waals surface area contributed by atoms with Gasteiger partial charge in [-0.1, -0.05) is 15.9 Å². The minimum absolute atomic E-state index is 0. The van der Waals surface area contributed by atoms with Crippen molar-refractivity contribution >= 4 is 36.3 Å². The van der Waals surface area contributed by atoms with Crippen LogP contribution in [0.3, 0.4) is 0 Å². The molecule has 1 nitrogen and oxygen atoms in total. The third kappa shape index (κ3) is 3.84. The number of hydrogen-bond acceptors (Lipinski definition) is 1. The van der Waals surface area contributed by atoms with E-state index in [0.717, 1.165) is 5.30 Å². The number of hydrogen-bond donors (Lipinski definition) is 0. The van der Waals surface area contributed by atoms with Gasteiger partial charge >= 0.3 is 0 Å². The molecule has 0 bridgehead atoms.